The Morgan fingerprint density at radius 1 is 1.11 bits per heavy atom. The fraction of sp³-hybridized carbons (Fsp3) is 0.0714. The molecule has 3 nitrogen and oxygen atoms in total. The molecule has 0 atom stereocenters. The number of anilines is 2. The summed E-state index contributed by atoms with van der Waals surface area (Å²) in [6.07, 6.45) is 0. The van der Waals surface area contributed by atoms with Gasteiger partial charge in [-0.1, -0.05) is 12.1 Å². The first-order valence-electron chi connectivity index (χ1n) is 5.68. The molecule has 0 heterocycles. The highest BCUT2D eigenvalue weighted by atomic mass is 127. The number of nitrogens with one attached hydrogen (secondary N) is 2. The number of rotatable bonds is 4. The maximum Gasteiger partial charge on any atom is 0.243 e. The van der Waals surface area contributed by atoms with Crippen LogP contribution < -0.4 is 10.6 Å². The van der Waals surface area contributed by atoms with Crippen LogP contribution in [0.3, 0.4) is 0 Å². The van der Waals surface area contributed by atoms with Gasteiger partial charge in [-0.25, -0.2) is 4.39 Å². The van der Waals surface area contributed by atoms with Crippen molar-refractivity contribution in [1.29, 1.82) is 0 Å². The van der Waals surface area contributed by atoms with Crippen LogP contribution >= 0.6 is 22.6 Å². The molecule has 2 rings (SSSR count). The Kier molecular flexibility index (Phi) is 4.73. The molecule has 0 fully saturated rings. The molecule has 0 aliphatic carbocycles. The van der Waals surface area contributed by atoms with Crippen LogP contribution in [0.5, 0.6) is 0 Å². The van der Waals surface area contributed by atoms with E-state index in [1.165, 1.54) is 12.1 Å². The summed E-state index contributed by atoms with van der Waals surface area (Å²) in [6, 6.07) is 13.5. The van der Waals surface area contributed by atoms with Crippen molar-refractivity contribution >= 4 is 39.9 Å². The molecule has 0 spiro atoms. The third-order valence-electron chi connectivity index (χ3n) is 2.39. The van der Waals surface area contributed by atoms with Gasteiger partial charge in [-0.3, -0.25) is 4.79 Å². The molecule has 19 heavy (non-hydrogen) atoms. The number of carbonyl (C=O) groups is 1. The Hall–Kier alpha value is -1.63. The minimum absolute atomic E-state index is 0.136. The molecular formula is C14H12FIN2O. The molecule has 0 bridgehead atoms. The topological polar surface area (TPSA) is 41.1 Å². The van der Waals surface area contributed by atoms with Crippen LogP contribution in [0.1, 0.15) is 0 Å². The molecule has 2 N–H and O–H groups in total. The van der Waals surface area contributed by atoms with Crippen molar-refractivity contribution in [1.82, 2.24) is 0 Å². The van der Waals surface area contributed by atoms with Crippen LogP contribution in [0.2, 0.25) is 0 Å². The van der Waals surface area contributed by atoms with Crippen molar-refractivity contribution in [2.24, 2.45) is 0 Å². The first-order valence-corrected chi connectivity index (χ1v) is 6.76. The Labute approximate surface area is 124 Å². The molecule has 0 saturated heterocycles. The molecule has 0 saturated carbocycles. The lowest BCUT2D eigenvalue weighted by atomic mass is 10.3. The van der Waals surface area contributed by atoms with E-state index in [9.17, 15) is 9.18 Å². The Bertz CT molecular complexity index is 589. The number of benzene rings is 2. The quantitative estimate of drug-likeness (QED) is 0.810. The fourth-order valence-electron chi connectivity index (χ4n) is 1.55. The van der Waals surface area contributed by atoms with E-state index in [1.54, 1.807) is 12.1 Å². The van der Waals surface area contributed by atoms with Gasteiger partial charge in [0.05, 0.1) is 6.54 Å². The zero-order valence-corrected chi connectivity index (χ0v) is 12.1. The lowest BCUT2D eigenvalue weighted by Gasteiger charge is -2.08. The average Bonchev–Trinajstić information content (AvgIpc) is 2.36. The summed E-state index contributed by atoms with van der Waals surface area (Å²) in [4.78, 5) is 11.7. The molecule has 1 amide bonds. The van der Waals surface area contributed by atoms with Crippen LogP contribution in [-0.2, 0) is 4.79 Å². The summed E-state index contributed by atoms with van der Waals surface area (Å²) in [5, 5.41) is 5.63. The summed E-state index contributed by atoms with van der Waals surface area (Å²) in [5.41, 5.74) is 1.33. The predicted molar refractivity (Wildman–Crippen MR) is 82.7 cm³/mol. The largest absolute Gasteiger partial charge is 0.376 e. The second kappa shape index (κ2) is 6.51. The van der Waals surface area contributed by atoms with Crippen LogP contribution in [0.25, 0.3) is 0 Å². The van der Waals surface area contributed by atoms with Crippen molar-refractivity contribution in [3.63, 3.8) is 0 Å². The average molecular weight is 370 g/mol. The molecule has 0 radical (unpaired) electrons. The minimum atomic E-state index is -0.372. The monoisotopic (exact) mass is 370 g/mol. The molecular weight excluding hydrogens is 358 g/mol. The molecule has 0 aromatic heterocycles. The second-order valence-electron chi connectivity index (χ2n) is 3.92. The molecule has 0 aliphatic heterocycles. The zero-order valence-electron chi connectivity index (χ0n) is 9.99. The van der Waals surface area contributed by atoms with Crippen molar-refractivity contribution < 1.29 is 9.18 Å². The van der Waals surface area contributed by atoms with E-state index in [1.807, 2.05) is 24.3 Å². The number of hydrogen-bond donors (Lipinski definition) is 2. The van der Waals surface area contributed by atoms with Crippen LogP contribution in [-0.4, -0.2) is 12.5 Å². The summed E-state index contributed by atoms with van der Waals surface area (Å²) in [7, 11) is 0. The molecule has 0 unspecified atom stereocenters. The van der Waals surface area contributed by atoms with Gasteiger partial charge in [0, 0.05) is 14.9 Å². The number of halogens is 2. The van der Waals surface area contributed by atoms with E-state index >= 15 is 0 Å². The maximum atomic E-state index is 12.9. The van der Waals surface area contributed by atoms with Gasteiger partial charge in [0.25, 0.3) is 0 Å². The molecule has 98 valence electrons. The third kappa shape index (κ3) is 4.51. The van der Waals surface area contributed by atoms with Gasteiger partial charge in [-0.2, -0.15) is 0 Å². The van der Waals surface area contributed by atoms with E-state index in [4.69, 9.17) is 0 Å². The summed E-state index contributed by atoms with van der Waals surface area (Å²) < 4.78 is 14.0. The van der Waals surface area contributed by atoms with Crippen molar-refractivity contribution in [2.45, 2.75) is 0 Å². The highest BCUT2D eigenvalue weighted by Gasteiger charge is 2.03. The first kappa shape index (κ1) is 13.8. The van der Waals surface area contributed by atoms with E-state index in [0.29, 0.717) is 5.69 Å². The summed E-state index contributed by atoms with van der Waals surface area (Å²) in [5.74, 6) is -0.590. The third-order valence-corrected chi connectivity index (χ3v) is 3.06. The van der Waals surface area contributed by atoms with Crippen LogP contribution in [0.15, 0.2) is 48.5 Å². The maximum absolute atomic E-state index is 12.9. The van der Waals surface area contributed by atoms with E-state index in [2.05, 4.69) is 33.2 Å². The molecule has 5 heteroatoms. The number of carbonyl (C=O) groups excluding carboxylic acids is 1. The predicted octanol–water partition coefficient (Wildman–Crippen LogP) is 3.48. The van der Waals surface area contributed by atoms with Gasteiger partial charge >= 0.3 is 0 Å². The SMILES string of the molecule is O=C(CNc1cccc(I)c1)Nc1cccc(F)c1. The van der Waals surface area contributed by atoms with Crippen molar-refractivity contribution in [3.8, 4) is 0 Å². The van der Waals surface area contributed by atoms with Crippen LogP contribution in [0.4, 0.5) is 15.8 Å². The van der Waals surface area contributed by atoms with Crippen LogP contribution in [0, 0.1) is 9.39 Å². The minimum Gasteiger partial charge on any atom is -0.376 e. The van der Waals surface area contributed by atoms with Crippen molar-refractivity contribution in [3.05, 3.63) is 57.9 Å². The van der Waals surface area contributed by atoms with Gasteiger partial charge in [0.15, 0.2) is 0 Å². The van der Waals surface area contributed by atoms with Gasteiger partial charge in [-0.15, -0.1) is 0 Å². The van der Waals surface area contributed by atoms with Gasteiger partial charge in [0.2, 0.25) is 5.91 Å². The summed E-state index contributed by atoms with van der Waals surface area (Å²) >= 11 is 2.20. The Morgan fingerprint density at radius 3 is 2.58 bits per heavy atom. The highest BCUT2D eigenvalue weighted by molar-refractivity contribution is 14.1. The zero-order chi connectivity index (χ0) is 13.7. The lowest BCUT2D eigenvalue weighted by Crippen LogP contribution is -2.21. The van der Waals surface area contributed by atoms with E-state index < -0.39 is 0 Å². The summed E-state index contributed by atoms with van der Waals surface area (Å²) in [6.45, 7) is 0.136. The number of hydrogen-bond acceptors (Lipinski definition) is 2. The molecule has 0 aliphatic rings. The molecule has 2 aromatic carbocycles. The number of amides is 1. The normalized spacial score (nSPS) is 10.0. The highest BCUT2D eigenvalue weighted by Crippen LogP contribution is 2.12. The Morgan fingerprint density at radius 2 is 1.84 bits per heavy atom. The fourth-order valence-corrected chi connectivity index (χ4v) is 2.10. The second-order valence-corrected chi connectivity index (χ2v) is 5.17. The molecule has 2 aromatic rings. The van der Waals surface area contributed by atoms with E-state index in [0.717, 1.165) is 9.26 Å². The first-order chi connectivity index (χ1) is 9.13. The Balaban J connectivity index is 1.88. The van der Waals surface area contributed by atoms with Crippen molar-refractivity contribution in [2.75, 3.05) is 17.2 Å². The van der Waals surface area contributed by atoms with Gasteiger partial charge in [0.1, 0.15) is 5.82 Å². The van der Waals surface area contributed by atoms with Gasteiger partial charge in [-0.05, 0) is 59.0 Å². The smallest absolute Gasteiger partial charge is 0.243 e. The van der Waals surface area contributed by atoms with E-state index in [-0.39, 0.29) is 18.3 Å². The standard InChI is InChI=1S/C14H12FIN2O/c15-10-3-1-6-13(7-10)18-14(19)9-17-12-5-2-4-11(16)8-12/h1-8,17H,9H2,(H,18,19). The van der Waals surface area contributed by atoms with Gasteiger partial charge < -0.3 is 10.6 Å². The lowest BCUT2D eigenvalue weighted by molar-refractivity contribution is -0.114.